The van der Waals surface area contributed by atoms with Gasteiger partial charge < -0.3 is 15.4 Å². The maximum Gasteiger partial charge on any atom is 0.224 e. The third kappa shape index (κ3) is 9.21. The van der Waals surface area contributed by atoms with Crippen molar-refractivity contribution < 1.29 is 9.53 Å². The first-order valence-corrected chi connectivity index (χ1v) is 7.01. The molecule has 0 radical (unpaired) electrons. The molecule has 0 atom stereocenters. The topological polar surface area (TPSA) is 50.4 Å². The fraction of sp³-hybridized carbons (Fsp3) is 0.462. The first-order chi connectivity index (χ1) is 8.72. The number of amides is 1. The van der Waals surface area contributed by atoms with Gasteiger partial charge in [-0.15, -0.1) is 12.4 Å². The number of benzene rings is 1. The van der Waals surface area contributed by atoms with Gasteiger partial charge in [-0.3, -0.25) is 4.79 Å². The first-order valence-electron chi connectivity index (χ1n) is 5.93. The minimum absolute atomic E-state index is 0. The molecule has 0 fully saturated rings. The van der Waals surface area contributed by atoms with Crippen LogP contribution in [0.25, 0.3) is 0 Å². The molecule has 0 saturated carbocycles. The van der Waals surface area contributed by atoms with Crippen LogP contribution >= 0.6 is 35.0 Å². The lowest BCUT2D eigenvalue weighted by atomic mass is 10.1. The Morgan fingerprint density at radius 3 is 2.79 bits per heavy atom. The number of rotatable bonds is 8. The number of hydrogen-bond donors (Lipinski definition) is 2. The number of carbonyl (C=O) groups is 1. The van der Waals surface area contributed by atoms with Gasteiger partial charge >= 0.3 is 0 Å². The van der Waals surface area contributed by atoms with Crippen molar-refractivity contribution in [3.63, 3.8) is 0 Å². The number of ether oxygens (including phenoxy) is 1. The fourth-order valence-electron chi connectivity index (χ4n) is 1.48. The molecule has 0 spiro atoms. The Kier molecular flexibility index (Phi) is 11.2. The number of methoxy groups -OCH3 is 1. The van der Waals surface area contributed by atoms with Crippen molar-refractivity contribution in [1.29, 1.82) is 0 Å². The lowest BCUT2D eigenvalue weighted by Gasteiger charge is -2.07. The van der Waals surface area contributed by atoms with E-state index in [4.69, 9.17) is 4.74 Å². The zero-order valence-corrected chi connectivity index (χ0v) is 13.9. The summed E-state index contributed by atoms with van der Waals surface area (Å²) in [7, 11) is 1.67. The Morgan fingerprint density at radius 2 is 2.11 bits per heavy atom. The molecule has 0 bridgehead atoms. The molecule has 108 valence electrons. The van der Waals surface area contributed by atoms with E-state index >= 15 is 0 Å². The van der Waals surface area contributed by atoms with Gasteiger partial charge in [-0.2, -0.15) is 0 Å². The Bertz CT molecular complexity index is 377. The van der Waals surface area contributed by atoms with Crippen molar-refractivity contribution >= 4 is 40.9 Å². The SMILES string of the molecule is COCCNCCNC(=O)Cc1cccc(I)c1.Cl. The lowest BCUT2D eigenvalue weighted by Crippen LogP contribution is -2.33. The van der Waals surface area contributed by atoms with Crippen LogP contribution in [0.15, 0.2) is 24.3 Å². The second-order valence-corrected chi connectivity index (χ2v) is 5.15. The second-order valence-electron chi connectivity index (χ2n) is 3.90. The van der Waals surface area contributed by atoms with E-state index < -0.39 is 0 Å². The van der Waals surface area contributed by atoms with Crippen molar-refractivity contribution in [2.45, 2.75) is 6.42 Å². The summed E-state index contributed by atoms with van der Waals surface area (Å²) in [5, 5.41) is 6.06. The summed E-state index contributed by atoms with van der Waals surface area (Å²) >= 11 is 2.25. The highest BCUT2D eigenvalue weighted by Crippen LogP contribution is 2.08. The van der Waals surface area contributed by atoms with Crippen LogP contribution in [0.5, 0.6) is 0 Å². The molecule has 0 aliphatic rings. The van der Waals surface area contributed by atoms with Gasteiger partial charge in [0.25, 0.3) is 0 Å². The minimum atomic E-state index is 0. The number of halogens is 2. The molecular formula is C13H20ClIN2O2. The minimum Gasteiger partial charge on any atom is -0.383 e. The van der Waals surface area contributed by atoms with E-state index in [1.807, 2.05) is 24.3 Å². The zero-order valence-electron chi connectivity index (χ0n) is 10.9. The quantitative estimate of drug-likeness (QED) is 0.517. The highest BCUT2D eigenvalue weighted by atomic mass is 127. The molecule has 0 saturated heterocycles. The Balaban J connectivity index is 0.00000324. The van der Waals surface area contributed by atoms with Crippen molar-refractivity contribution in [2.24, 2.45) is 0 Å². The highest BCUT2D eigenvalue weighted by Gasteiger charge is 2.02. The molecule has 0 aromatic heterocycles. The molecule has 19 heavy (non-hydrogen) atoms. The highest BCUT2D eigenvalue weighted by molar-refractivity contribution is 14.1. The van der Waals surface area contributed by atoms with Gasteiger partial charge in [0.1, 0.15) is 0 Å². The standard InChI is InChI=1S/C13H19IN2O2.ClH/c1-18-8-7-15-5-6-16-13(17)10-11-3-2-4-12(14)9-11;/h2-4,9,15H,5-8,10H2,1H3,(H,16,17);1H. The summed E-state index contributed by atoms with van der Waals surface area (Å²) in [6.07, 6.45) is 0.439. The van der Waals surface area contributed by atoms with Gasteiger partial charge in [-0.25, -0.2) is 0 Å². The molecule has 1 rings (SSSR count). The van der Waals surface area contributed by atoms with Crippen molar-refractivity contribution in [3.8, 4) is 0 Å². The third-order valence-electron chi connectivity index (χ3n) is 2.36. The first kappa shape index (κ1) is 18.6. The molecule has 0 unspecified atom stereocenters. The van der Waals surface area contributed by atoms with Gasteiger partial charge in [-0.05, 0) is 40.3 Å². The second kappa shape index (κ2) is 11.5. The smallest absolute Gasteiger partial charge is 0.224 e. The number of nitrogens with one attached hydrogen (secondary N) is 2. The largest absolute Gasteiger partial charge is 0.383 e. The van der Waals surface area contributed by atoms with Gasteiger partial charge in [0.2, 0.25) is 5.91 Å². The summed E-state index contributed by atoms with van der Waals surface area (Å²) in [5.41, 5.74) is 1.05. The Labute approximate surface area is 134 Å². The van der Waals surface area contributed by atoms with E-state index in [-0.39, 0.29) is 18.3 Å². The van der Waals surface area contributed by atoms with E-state index in [0.717, 1.165) is 22.2 Å². The average Bonchev–Trinajstić information content (AvgIpc) is 2.33. The number of carbonyl (C=O) groups excluding carboxylic acids is 1. The monoisotopic (exact) mass is 398 g/mol. The molecule has 0 heterocycles. The van der Waals surface area contributed by atoms with Crippen molar-refractivity contribution in [3.05, 3.63) is 33.4 Å². The van der Waals surface area contributed by atoms with Crippen LogP contribution in [0.2, 0.25) is 0 Å². The van der Waals surface area contributed by atoms with E-state index in [1.165, 1.54) is 0 Å². The predicted molar refractivity (Wildman–Crippen MR) is 87.9 cm³/mol. The maximum absolute atomic E-state index is 11.6. The van der Waals surface area contributed by atoms with Crippen molar-refractivity contribution in [2.75, 3.05) is 33.4 Å². The summed E-state index contributed by atoms with van der Waals surface area (Å²) in [6.45, 7) is 2.91. The van der Waals surface area contributed by atoms with Crippen LogP contribution in [0, 0.1) is 3.57 Å². The normalized spacial score (nSPS) is 9.79. The summed E-state index contributed by atoms with van der Waals surface area (Å²) < 4.78 is 6.06. The molecule has 6 heteroatoms. The molecule has 0 aliphatic heterocycles. The zero-order chi connectivity index (χ0) is 13.2. The van der Waals surface area contributed by atoms with E-state index in [1.54, 1.807) is 7.11 Å². The van der Waals surface area contributed by atoms with E-state index in [9.17, 15) is 4.79 Å². The van der Waals surface area contributed by atoms with Crippen LogP contribution in [0.1, 0.15) is 5.56 Å². The molecule has 1 aromatic carbocycles. The van der Waals surface area contributed by atoms with Crippen LogP contribution in [0.4, 0.5) is 0 Å². The molecule has 2 N–H and O–H groups in total. The fourth-order valence-corrected chi connectivity index (χ4v) is 2.09. The number of hydrogen-bond acceptors (Lipinski definition) is 3. The van der Waals surface area contributed by atoms with Crippen molar-refractivity contribution in [1.82, 2.24) is 10.6 Å². The van der Waals surface area contributed by atoms with E-state index in [0.29, 0.717) is 19.6 Å². The van der Waals surface area contributed by atoms with Gasteiger partial charge in [0, 0.05) is 30.3 Å². The summed E-state index contributed by atoms with van der Waals surface area (Å²) in [4.78, 5) is 11.6. The van der Waals surface area contributed by atoms with Crippen LogP contribution in [-0.4, -0.2) is 39.3 Å². The van der Waals surface area contributed by atoms with Crippen LogP contribution in [0.3, 0.4) is 0 Å². The Hall–Kier alpha value is -0.370. The van der Waals surface area contributed by atoms with Gasteiger partial charge in [0.05, 0.1) is 13.0 Å². The van der Waals surface area contributed by atoms with E-state index in [2.05, 4.69) is 33.2 Å². The van der Waals surface area contributed by atoms with Crippen LogP contribution in [-0.2, 0) is 16.0 Å². The molecular weight excluding hydrogens is 379 g/mol. The summed E-state index contributed by atoms with van der Waals surface area (Å²) in [5.74, 6) is 0.0607. The summed E-state index contributed by atoms with van der Waals surface area (Å²) in [6, 6.07) is 7.98. The van der Waals surface area contributed by atoms with Crippen LogP contribution < -0.4 is 10.6 Å². The molecule has 4 nitrogen and oxygen atoms in total. The molecule has 1 aromatic rings. The predicted octanol–water partition coefficient (Wildman–Crippen LogP) is 1.61. The average molecular weight is 399 g/mol. The van der Waals surface area contributed by atoms with Gasteiger partial charge in [0.15, 0.2) is 0 Å². The third-order valence-corrected chi connectivity index (χ3v) is 3.03. The molecule has 1 amide bonds. The Morgan fingerprint density at radius 1 is 1.32 bits per heavy atom. The molecule has 0 aliphatic carbocycles. The van der Waals surface area contributed by atoms with Gasteiger partial charge in [-0.1, -0.05) is 12.1 Å². The maximum atomic E-state index is 11.6. The lowest BCUT2D eigenvalue weighted by molar-refractivity contribution is -0.120.